The van der Waals surface area contributed by atoms with Gasteiger partial charge < -0.3 is 9.32 Å². The zero-order valence-electron chi connectivity index (χ0n) is 27.9. The van der Waals surface area contributed by atoms with Crippen LogP contribution in [0.15, 0.2) is 180 Å². The van der Waals surface area contributed by atoms with Gasteiger partial charge in [0.05, 0.1) is 10.4 Å². The van der Waals surface area contributed by atoms with Crippen molar-refractivity contribution in [2.75, 3.05) is 4.90 Å². The number of hydrogen-bond donors (Lipinski definition) is 0. The van der Waals surface area contributed by atoms with E-state index in [1.54, 1.807) is 0 Å². The summed E-state index contributed by atoms with van der Waals surface area (Å²) in [5.74, 6) is 0. The number of nitrogens with zero attached hydrogens (tertiary/aromatic N) is 1. The molecule has 0 amide bonds. The molecule has 4 heteroatoms. The Morgan fingerprint density at radius 1 is 0.365 bits per heavy atom. The first-order valence-electron chi connectivity index (χ1n) is 17.5. The van der Waals surface area contributed by atoms with E-state index in [0.717, 1.165) is 33.3 Å². The smallest absolute Gasteiger partial charge is 0.135 e. The number of thiophene rings is 2. The molecule has 52 heavy (non-hydrogen) atoms. The van der Waals surface area contributed by atoms with Gasteiger partial charge in [-0.2, -0.15) is 0 Å². The highest BCUT2D eigenvalue weighted by atomic mass is 32.1. The first-order valence-corrected chi connectivity index (χ1v) is 19.1. The van der Waals surface area contributed by atoms with Gasteiger partial charge in [0, 0.05) is 57.8 Å². The number of anilines is 3. The lowest BCUT2D eigenvalue weighted by molar-refractivity contribution is 0.669. The van der Waals surface area contributed by atoms with Crippen molar-refractivity contribution in [3.8, 4) is 22.3 Å². The van der Waals surface area contributed by atoms with Crippen LogP contribution in [0.25, 0.3) is 84.5 Å². The predicted octanol–water partition coefficient (Wildman–Crippen LogP) is 15.1. The number of hydrogen-bond acceptors (Lipinski definition) is 4. The number of fused-ring (bicyclic) bond motifs is 9. The Morgan fingerprint density at radius 3 is 1.92 bits per heavy atom. The van der Waals surface area contributed by atoms with Crippen molar-refractivity contribution in [1.29, 1.82) is 0 Å². The van der Waals surface area contributed by atoms with Gasteiger partial charge >= 0.3 is 0 Å². The fourth-order valence-corrected chi connectivity index (χ4v) is 10.3. The van der Waals surface area contributed by atoms with E-state index in [9.17, 15) is 0 Å². The second-order valence-electron chi connectivity index (χ2n) is 13.3. The lowest BCUT2D eigenvalue weighted by atomic mass is 10.0. The Labute approximate surface area is 308 Å². The van der Waals surface area contributed by atoms with E-state index >= 15 is 0 Å². The summed E-state index contributed by atoms with van der Waals surface area (Å²) in [5.41, 5.74) is 10.1. The van der Waals surface area contributed by atoms with Gasteiger partial charge in [-0.3, -0.25) is 0 Å². The van der Waals surface area contributed by atoms with Crippen LogP contribution in [0.1, 0.15) is 0 Å². The Balaban J connectivity index is 1.10. The molecule has 0 atom stereocenters. The molecule has 3 heterocycles. The van der Waals surface area contributed by atoms with Crippen molar-refractivity contribution >= 4 is 102 Å². The molecule has 0 saturated carbocycles. The minimum absolute atomic E-state index is 0.913. The van der Waals surface area contributed by atoms with Crippen LogP contribution in [0.3, 0.4) is 0 Å². The van der Waals surface area contributed by atoms with Gasteiger partial charge in [-0.05, 0) is 76.9 Å². The minimum Gasteiger partial charge on any atom is -0.456 e. The van der Waals surface area contributed by atoms with E-state index in [1.807, 2.05) is 34.8 Å². The summed E-state index contributed by atoms with van der Waals surface area (Å²) in [6.45, 7) is 0. The Bertz CT molecular complexity index is 3130. The van der Waals surface area contributed by atoms with Crippen LogP contribution < -0.4 is 4.90 Å². The van der Waals surface area contributed by atoms with Crippen molar-refractivity contribution in [3.63, 3.8) is 0 Å². The third-order valence-corrected chi connectivity index (χ3v) is 12.7. The van der Waals surface area contributed by atoms with Crippen molar-refractivity contribution in [1.82, 2.24) is 0 Å². The molecule has 0 aliphatic carbocycles. The van der Waals surface area contributed by atoms with Gasteiger partial charge in [0.2, 0.25) is 0 Å². The van der Waals surface area contributed by atoms with Gasteiger partial charge in [0.15, 0.2) is 0 Å². The lowest BCUT2D eigenvalue weighted by Gasteiger charge is -2.26. The molecule has 0 radical (unpaired) electrons. The Hall–Kier alpha value is -6.20. The number of para-hydroxylation sites is 1. The van der Waals surface area contributed by atoms with Crippen LogP contribution in [-0.4, -0.2) is 0 Å². The molecular weight excluding hydrogens is 671 g/mol. The molecule has 8 aromatic carbocycles. The maximum Gasteiger partial charge on any atom is 0.135 e. The minimum atomic E-state index is 0.913. The molecule has 0 spiro atoms. The van der Waals surface area contributed by atoms with E-state index in [1.165, 1.54) is 68.3 Å². The summed E-state index contributed by atoms with van der Waals surface area (Å²) in [7, 11) is 0. The van der Waals surface area contributed by atoms with Gasteiger partial charge in [-0.15, -0.1) is 22.7 Å². The summed E-state index contributed by atoms with van der Waals surface area (Å²) < 4.78 is 11.3. The fourth-order valence-electron chi connectivity index (χ4n) is 7.82. The summed E-state index contributed by atoms with van der Waals surface area (Å²) in [6.07, 6.45) is 0. The maximum atomic E-state index is 6.13. The van der Waals surface area contributed by atoms with E-state index in [2.05, 4.69) is 169 Å². The largest absolute Gasteiger partial charge is 0.456 e. The van der Waals surface area contributed by atoms with E-state index in [0.29, 0.717) is 0 Å². The van der Waals surface area contributed by atoms with Crippen LogP contribution in [0.4, 0.5) is 17.1 Å². The average Bonchev–Trinajstić information content (AvgIpc) is 3.90. The molecule has 0 saturated heterocycles. The highest BCUT2D eigenvalue weighted by Crippen LogP contribution is 2.48. The SMILES string of the molecule is c1ccc(-c2cccc3c2sc2c(N(c4ccc(-c5ccc6oc7ccccc7c6c5)cc4)c4ccc5c(c4)sc4ccccc45)cccc23)cc1. The number of benzene rings is 8. The highest BCUT2D eigenvalue weighted by molar-refractivity contribution is 7.27. The highest BCUT2D eigenvalue weighted by Gasteiger charge is 2.20. The topological polar surface area (TPSA) is 16.4 Å². The van der Waals surface area contributed by atoms with Crippen LogP contribution in [0, 0.1) is 0 Å². The maximum absolute atomic E-state index is 6.13. The molecule has 0 aliphatic heterocycles. The molecule has 0 bridgehead atoms. The molecule has 3 aromatic heterocycles. The molecule has 0 aliphatic rings. The van der Waals surface area contributed by atoms with Gasteiger partial charge in [-0.1, -0.05) is 121 Å². The van der Waals surface area contributed by atoms with E-state index in [4.69, 9.17) is 4.42 Å². The Kier molecular flexibility index (Phi) is 6.63. The Morgan fingerprint density at radius 2 is 1.04 bits per heavy atom. The summed E-state index contributed by atoms with van der Waals surface area (Å²) in [4.78, 5) is 2.44. The van der Waals surface area contributed by atoms with Crippen molar-refractivity contribution in [2.24, 2.45) is 0 Å². The zero-order valence-corrected chi connectivity index (χ0v) is 29.5. The molecule has 0 fully saturated rings. The number of rotatable bonds is 5. The van der Waals surface area contributed by atoms with Crippen LogP contribution in [0.5, 0.6) is 0 Å². The fraction of sp³-hybridized carbons (Fsp3) is 0. The first kappa shape index (κ1) is 29.5. The predicted molar refractivity (Wildman–Crippen MR) is 225 cm³/mol. The second-order valence-corrected chi connectivity index (χ2v) is 15.4. The first-order chi connectivity index (χ1) is 25.8. The van der Waals surface area contributed by atoms with Crippen LogP contribution in [-0.2, 0) is 0 Å². The second kappa shape index (κ2) is 11.7. The molecule has 2 nitrogen and oxygen atoms in total. The van der Waals surface area contributed by atoms with Crippen molar-refractivity contribution in [2.45, 2.75) is 0 Å². The van der Waals surface area contributed by atoms with E-state index < -0.39 is 0 Å². The zero-order chi connectivity index (χ0) is 34.2. The van der Waals surface area contributed by atoms with Crippen LogP contribution >= 0.6 is 22.7 Å². The summed E-state index contributed by atoms with van der Waals surface area (Å²) in [6, 6.07) is 63.7. The molecule has 244 valence electrons. The quantitative estimate of drug-likeness (QED) is 0.178. The van der Waals surface area contributed by atoms with Gasteiger partial charge in [-0.25, -0.2) is 0 Å². The molecule has 0 N–H and O–H groups in total. The normalized spacial score (nSPS) is 11.8. The van der Waals surface area contributed by atoms with Crippen molar-refractivity contribution < 1.29 is 4.42 Å². The average molecular weight is 700 g/mol. The van der Waals surface area contributed by atoms with E-state index in [-0.39, 0.29) is 0 Å². The lowest BCUT2D eigenvalue weighted by Crippen LogP contribution is -2.09. The summed E-state index contributed by atoms with van der Waals surface area (Å²) in [5, 5.41) is 7.47. The molecule has 11 rings (SSSR count). The van der Waals surface area contributed by atoms with Crippen LogP contribution in [0.2, 0.25) is 0 Å². The summed E-state index contributed by atoms with van der Waals surface area (Å²) >= 11 is 3.75. The molecular formula is C48H29NOS2. The monoisotopic (exact) mass is 699 g/mol. The number of furan rings is 1. The van der Waals surface area contributed by atoms with Crippen molar-refractivity contribution in [3.05, 3.63) is 176 Å². The molecule has 11 aromatic rings. The third-order valence-electron chi connectivity index (χ3n) is 10.3. The third kappa shape index (κ3) is 4.62. The van der Waals surface area contributed by atoms with Gasteiger partial charge in [0.1, 0.15) is 11.2 Å². The molecule has 0 unspecified atom stereocenters. The standard InChI is InChI=1S/C48H29NOS2/c1-2-10-31(11-3-1)35-14-8-15-39-40-16-9-17-42(48(40)52-47(35)39)49(34-25-26-38-37-13-5-7-19-45(37)51-46(38)29-34)33-23-20-30(21-24-33)32-22-27-44-41(28-32)36-12-4-6-18-43(36)50-44/h1-29H. The van der Waals surface area contributed by atoms with Gasteiger partial charge in [0.25, 0.3) is 0 Å².